The van der Waals surface area contributed by atoms with Gasteiger partial charge in [-0.05, 0) is 24.6 Å². The second-order valence-corrected chi connectivity index (χ2v) is 6.59. The molecule has 1 aliphatic rings. The van der Waals surface area contributed by atoms with Crippen LogP contribution in [-0.2, 0) is 20.8 Å². The molecular formula is C18H16N4O3S. The quantitative estimate of drug-likeness (QED) is 0.846. The molecule has 132 valence electrons. The first-order valence-corrected chi connectivity index (χ1v) is 8.76. The van der Waals surface area contributed by atoms with Crippen LogP contribution in [0.2, 0.25) is 0 Å². The Hall–Kier alpha value is -3.13. The van der Waals surface area contributed by atoms with E-state index < -0.39 is 5.92 Å². The van der Waals surface area contributed by atoms with Crippen LogP contribution in [0.3, 0.4) is 0 Å². The first kappa shape index (κ1) is 17.7. The largest absolute Gasteiger partial charge is 0.326 e. The number of hydrogen-bond donors (Lipinski definition) is 2. The Bertz CT molecular complexity index is 901. The van der Waals surface area contributed by atoms with E-state index in [1.165, 1.54) is 29.7 Å². The van der Waals surface area contributed by atoms with E-state index in [1.807, 2.05) is 31.2 Å². The zero-order chi connectivity index (χ0) is 18.5. The lowest BCUT2D eigenvalue weighted by molar-refractivity contribution is -0.117. The molecule has 1 aromatic carbocycles. The van der Waals surface area contributed by atoms with E-state index in [2.05, 4.69) is 20.6 Å². The molecule has 0 aliphatic carbocycles. The molecular weight excluding hydrogens is 352 g/mol. The number of dihydropyridines is 1. The van der Waals surface area contributed by atoms with Gasteiger partial charge in [0.2, 0.25) is 11.8 Å². The number of nitrogens with one attached hydrogen (secondary N) is 2. The van der Waals surface area contributed by atoms with E-state index in [0.717, 1.165) is 11.3 Å². The summed E-state index contributed by atoms with van der Waals surface area (Å²) in [6, 6.07) is 7.53. The van der Waals surface area contributed by atoms with Gasteiger partial charge in [-0.15, -0.1) is 11.3 Å². The minimum Gasteiger partial charge on any atom is -0.326 e. The predicted molar refractivity (Wildman–Crippen MR) is 100 cm³/mol. The third kappa shape index (κ3) is 4.70. The lowest BCUT2D eigenvalue weighted by Crippen LogP contribution is -2.24. The van der Waals surface area contributed by atoms with E-state index in [0.29, 0.717) is 10.8 Å². The SMILES string of the molecule is Cc1cccc(NC(=O)Cc2csc(NC(=O)C3C=CC(=O)N=C3)n2)c1. The Morgan fingerprint density at radius 1 is 1.27 bits per heavy atom. The maximum atomic E-state index is 12.1. The van der Waals surface area contributed by atoms with E-state index >= 15 is 0 Å². The van der Waals surface area contributed by atoms with E-state index in [4.69, 9.17) is 0 Å². The predicted octanol–water partition coefficient (Wildman–Crippen LogP) is 2.35. The van der Waals surface area contributed by atoms with Gasteiger partial charge in [-0.3, -0.25) is 14.4 Å². The van der Waals surface area contributed by atoms with Crippen molar-refractivity contribution in [3.8, 4) is 0 Å². The highest BCUT2D eigenvalue weighted by Gasteiger charge is 2.18. The maximum absolute atomic E-state index is 12.1. The van der Waals surface area contributed by atoms with Crippen molar-refractivity contribution in [2.24, 2.45) is 10.9 Å². The summed E-state index contributed by atoms with van der Waals surface area (Å²) in [5, 5.41) is 7.59. The zero-order valence-electron chi connectivity index (χ0n) is 13.9. The molecule has 2 N–H and O–H groups in total. The van der Waals surface area contributed by atoms with Gasteiger partial charge in [0.15, 0.2) is 5.13 Å². The number of benzene rings is 1. The first-order valence-electron chi connectivity index (χ1n) is 7.88. The summed E-state index contributed by atoms with van der Waals surface area (Å²) in [6.45, 7) is 1.95. The van der Waals surface area contributed by atoms with Crippen LogP contribution in [0.15, 0.2) is 46.8 Å². The van der Waals surface area contributed by atoms with Crippen LogP contribution in [0.5, 0.6) is 0 Å². The highest BCUT2D eigenvalue weighted by molar-refractivity contribution is 7.14. The summed E-state index contributed by atoms with van der Waals surface area (Å²) >= 11 is 1.23. The highest BCUT2D eigenvalue weighted by atomic mass is 32.1. The monoisotopic (exact) mass is 368 g/mol. The molecule has 1 aromatic heterocycles. The highest BCUT2D eigenvalue weighted by Crippen LogP contribution is 2.18. The van der Waals surface area contributed by atoms with Gasteiger partial charge in [-0.1, -0.05) is 18.2 Å². The van der Waals surface area contributed by atoms with Crippen molar-refractivity contribution in [1.82, 2.24) is 4.98 Å². The molecule has 26 heavy (non-hydrogen) atoms. The smallest absolute Gasteiger partial charge is 0.269 e. The second-order valence-electron chi connectivity index (χ2n) is 5.73. The number of carbonyl (C=O) groups excluding carboxylic acids is 3. The number of carbonyl (C=O) groups is 3. The maximum Gasteiger partial charge on any atom is 0.269 e. The fourth-order valence-corrected chi connectivity index (χ4v) is 3.03. The van der Waals surface area contributed by atoms with Crippen molar-refractivity contribution in [2.75, 3.05) is 10.6 Å². The van der Waals surface area contributed by atoms with Gasteiger partial charge in [-0.2, -0.15) is 0 Å². The van der Waals surface area contributed by atoms with Crippen LogP contribution >= 0.6 is 11.3 Å². The number of nitrogens with zero attached hydrogens (tertiary/aromatic N) is 2. The van der Waals surface area contributed by atoms with Crippen molar-refractivity contribution in [1.29, 1.82) is 0 Å². The van der Waals surface area contributed by atoms with Gasteiger partial charge in [0, 0.05) is 23.4 Å². The van der Waals surface area contributed by atoms with E-state index in [-0.39, 0.29) is 24.1 Å². The number of aryl methyl sites for hydroxylation is 1. The van der Waals surface area contributed by atoms with E-state index in [1.54, 1.807) is 5.38 Å². The van der Waals surface area contributed by atoms with Gasteiger partial charge in [-0.25, -0.2) is 9.98 Å². The molecule has 1 aliphatic heterocycles. The molecule has 0 spiro atoms. The molecule has 1 unspecified atom stereocenters. The fourth-order valence-electron chi connectivity index (χ4n) is 2.31. The topological polar surface area (TPSA) is 101 Å². The summed E-state index contributed by atoms with van der Waals surface area (Å²) in [5.74, 6) is -1.50. The minimum absolute atomic E-state index is 0.111. The molecule has 0 fully saturated rings. The van der Waals surface area contributed by atoms with Crippen LogP contribution in [-0.4, -0.2) is 28.9 Å². The average molecular weight is 368 g/mol. The minimum atomic E-state index is -0.607. The van der Waals surface area contributed by atoms with Crippen LogP contribution in [0.4, 0.5) is 10.8 Å². The summed E-state index contributed by atoms with van der Waals surface area (Å²) < 4.78 is 0. The van der Waals surface area contributed by atoms with Gasteiger partial charge in [0.1, 0.15) is 0 Å². The molecule has 1 atom stereocenters. The summed E-state index contributed by atoms with van der Waals surface area (Å²) in [4.78, 5) is 43.0. The summed E-state index contributed by atoms with van der Waals surface area (Å²) in [7, 11) is 0. The summed E-state index contributed by atoms with van der Waals surface area (Å²) in [6.07, 6.45) is 4.14. The number of amides is 3. The first-order chi connectivity index (χ1) is 12.5. The normalized spacial score (nSPS) is 15.7. The van der Waals surface area contributed by atoms with Crippen molar-refractivity contribution in [3.05, 3.63) is 53.1 Å². The Kier molecular flexibility index (Phi) is 5.33. The lowest BCUT2D eigenvalue weighted by atomic mass is 10.1. The molecule has 0 saturated carbocycles. The number of thiazole rings is 1. The molecule has 0 bridgehead atoms. The molecule has 7 nitrogen and oxygen atoms in total. The third-order valence-electron chi connectivity index (χ3n) is 3.54. The molecule has 3 rings (SSSR count). The van der Waals surface area contributed by atoms with Crippen molar-refractivity contribution < 1.29 is 14.4 Å². The third-order valence-corrected chi connectivity index (χ3v) is 4.34. The van der Waals surface area contributed by atoms with Crippen molar-refractivity contribution in [2.45, 2.75) is 13.3 Å². The molecule has 0 saturated heterocycles. The number of aliphatic imine (C=N–C) groups is 1. The van der Waals surface area contributed by atoms with Gasteiger partial charge < -0.3 is 10.6 Å². The van der Waals surface area contributed by atoms with Crippen molar-refractivity contribution >= 4 is 46.1 Å². The van der Waals surface area contributed by atoms with Crippen molar-refractivity contribution in [3.63, 3.8) is 0 Å². The number of hydrogen-bond acceptors (Lipinski definition) is 5. The Morgan fingerprint density at radius 2 is 2.12 bits per heavy atom. The van der Waals surface area contributed by atoms with Crippen LogP contribution in [0.1, 0.15) is 11.3 Å². The number of aromatic nitrogens is 1. The zero-order valence-corrected chi connectivity index (χ0v) is 14.7. The van der Waals surface area contributed by atoms with Crippen LogP contribution < -0.4 is 10.6 Å². The second kappa shape index (κ2) is 7.83. The molecule has 2 heterocycles. The van der Waals surface area contributed by atoms with E-state index in [9.17, 15) is 14.4 Å². The molecule has 8 heteroatoms. The number of anilines is 2. The van der Waals surface area contributed by atoms with Gasteiger partial charge in [0.05, 0.1) is 18.0 Å². The lowest BCUT2D eigenvalue weighted by Gasteiger charge is -2.08. The average Bonchev–Trinajstić information content (AvgIpc) is 3.02. The van der Waals surface area contributed by atoms with Crippen LogP contribution in [0.25, 0.3) is 0 Å². The molecule has 3 amide bonds. The van der Waals surface area contributed by atoms with Crippen LogP contribution in [0, 0.1) is 12.8 Å². The number of rotatable bonds is 5. The van der Waals surface area contributed by atoms with Gasteiger partial charge in [0.25, 0.3) is 5.91 Å². The Morgan fingerprint density at radius 3 is 2.85 bits per heavy atom. The standard InChI is InChI=1S/C18H16N4O3S/c1-11-3-2-4-13(7-11)20-16(24)8-14-10-26-18(21-14)22-17(25)12-5-6-15(23)19-9-12/h2-7,9-10,12H,8H2,1H3,(H,20,24)(H,21,22,25). The fraction of sp³-hybridized carbons (Fsp3) is 0.167. The Labute approximate surface area is 153 Å². The summed E-state index contributed by atoms with van der Waals surface area (Å²) in [5.41, 5.74) is 2.36. The van der Waals surface area contributed by atoms with Gasteiger partial charge >= 0.3 is 0 Å². The molecule has 2 aromatic rings. The Balaban J connectivity index is 1.55. The molecule has 0 radical (unpaired) electrons.